The maximum Gasteiger partial charge on any atom is 0.270 e. The third-order valence-electron chi connectivity index (χ3n) is 4.07. The Hall–Kier alpha value is -1.98. The molecule has 1 saturated carbocycles. The second kappa shape index (κ2) is 5.79. The highest BCUT2D eigenvalue weighted by Gasteiger charge is 2.30. The van der Waals surface area contributed by atoms with Gasteiger partial charge in [0.25, 0.3) is 11.6 Å². The number of nitrogens with zero attached hydrogens (tertiary/aromatic N) is 1. The molecule has 0 saturated heterocycles. The van der Waals surface area contributed by atoms with E-state index in [0.29, 0.717) is 0 Å². The van der Waals surface area contributed by atoms with E-state index >= 15 is 0 Å². The number of carbonyl (C=O) groups excluding carboxylic acids is 1. The molecule has 1 N–H and O–H groups in total. The molecule has 0 aliphatic heterocycles. The lowest BCUT2D eigenvalue weighted by molar-refractivity contribution is -0.385. The van der Waals surface area contributed by atoms with E-state index in [4.69, 9.17) is 0 Å². The van der Waals surface area contributed by atoms with Gasteiger partial charge in [-0.25, -0.2) is 4.39 Å². The predicted molar refractivity (Wildman–Crippen MR) is 76.7 cm³/mol. The summed E-state index contributed by atoms with van der Waals surface area (Å²) in [6, 6.07) is 2.14. The Morgan fingerprint density at radius 3 is 2.52 bits per heavy atom. The fourth-order valence-electron chi connectivity index (χ4n) is 2.82. The van der Waals surface area contributed by atoms with Gasteiger partial charge in [0.05, 0.1) is 10.5 Å². The fraction of sp³-hybridized carbons (Fsp3) is 0.533. The zero-order valence-corrected chi connectivity index (χ0v) is 12.2. The van der Waals surface area contributed by atoms with Crippen molar-refractivity contribution in [1.82, 2.24) is 5.32 Å². The van der Waals surface area contributed by atoms with Crippen LogP contribution in [-0.2, 0) is 0 Å². The second-order valence-corrected chi connectivity index (χ2v) is 5.96. The quantitative estimate of drug-likeness (QED) is 0.685. The predicted octanol–water partition coefficient (Wildman–Crippen LogP) is 3.49. The van der Waals surface area contributed by atoms with Crippen molar-refractivity contribution in [1.29, 1.82) is 0 Å². The summed E-state index contributed by atoms with van der Waals surface area (Å²) >= 11 is 0. The van der Waals surface area contributed by atoms with E-state index in [1.165, 1.54) is 6.92 Å². The summed E-state index contributed by atoms with van der Waals surface area (Å²) < 4.78 is 14.1. The first-order chi connectivity index (χ1) is 9.82. The molecule has 1 amide bonds. The molecule has 2 rings (SSSR count). The molecule has 0 atom stereocenters. The minimum atomic E-state index is -0.697. The second-order valence-electron chi connectivity index (χ2n) is 5.96. The number of rotatable bonds is 3. The summed E-state index contributed by atoms with van der Waals surface area (Å²) in [5.74, 6) is -1.28. The maximum atomic E-state index is 14.1. The Kier molecular flexibility index (Phi) is 4.25. The smallest absolute Gasteiger partial charge is 0.270 e. The van der Waals surface area contributed by atoms with Crippen molar-refractivity contribution in [2.24, 2.45) is 0 Å². The summed E-state index contributed by atoms with van der Waals surface area (Å²) in [6.07, 6.45) is 4.86. The van der Waals surface area contributed by atoms with E-state index in [0.717, 1.165) is 44.2 Å². The van der Waals surface area contributed by atoms with Crippen molar-refractivity contribution >= 4 is 11.6 Å². The van der Waals surface area contributed by atoms with Gasteiger partial charge in [-0.1, -0.05) is 19.3 Å². The van der Waals surface area contributed by atoms with Crippen LogP contribution in [0.2, 0.25) is 0 Å². The number of aryl methyl sites for hydroxylation is 1. The van der Waals surface area contributed by atoms with E-state index in [2.05, 4.69) is 5.32 Å². The number of amides is 1. The zero-order valence-electron chi connectivity index (χ0n) is 12.2. The van der Waals surface area contributed by atoms with Crippen LogP contribution in [0, 0.1) is 22.9 Å². The van der Waals surface area contributed by atoms with E-state index in [9.17, 15) is 19.3 Å². The number of hydrogen-bond acceptors (Lipinski definition) is 3. The molecule has 21 heavy (non-hydrogen) atoms. The Morgan fingerprint density at radius 1 is 1.33 bits per heavy atom. The van der Waals surface area contributed by atoms with Crippen LogP contribution in [0.1, 0.15) is 54.9 Å². The van der Waals surface area contributed by atoms with Crippen molar-refractivity contribution in [3.05, 3.63) is 39.2 Å². The number of non-ortho nitro benzene ring substituents is 1. The average Bonchev–Trinajstić information content (AvgIpc) is 2.41. The lowest BCUT2D eigenvalue weighted by Crippen LogP contribution is -2.47. The van der Waals surface area contributed by atoms with Crippen LogP contribution in [0.5, 0.6) is 0 Å². The minimum Gasteiger partial charge on any atom is -0.347 e. The molecule has 0 aromatic heterocycles. The molecule has 0 heterocycles. The van der Waals surface area contributed by atoms with E-state index in [1.807, 2.05) is 6.92 Å². The normalized spacial score (nSPS) is 17.3. The van der Waals surface area contributed by atoms with Crippen molar-refractivity contribution < 1.29 is 14.1 Å². The van der Waals surface area contributed by atoms with Gasteiger partial charge in [-0.05, 0) is 32.3 Å². The van der Waals surface area contributed by atoms with E-state index in [-0.39, 0.29) is 22.4 Å². The van der Waals surface area contributed by atoms with E-state index < -0.39 is 16.6 Å². The molecule has 114 valence electrons. The van der Waals surface area contributed by atoms with Gasteiger partial charge in [-0.15, -0.1) is 0 Å². The van der Waals surface area contributed by atoms with Gasteiger partial charge in [-0.3, -0.25) is 14.9 Å². The number of hydrogen-bond donors (Lipinski definition) is 1. The first-order valence-electron chi connectivity index (χ1n) is 7.09. The average molecular weight is 294 g/mol. The van der Waals surface area contributed by atoms with Crippen LogP contribution in [0.15, 0.2) is 12.1 Å². The Balaban J connectivity index is 2.28. The minimum absolute atomic E-state index is 0.100. The third-order valence-corrected chi connectivity index (χ3v) is 4.07. The van der Waals surface area contributed by atoms with Crippen molar-refractivity contribution in [3.63, 3.8) is 0 Å². The molecule has 5 nitrogen and oxygen atoms in total. The number of carbonyl (C=O) groups is 1. The SMILES string of the molecule is Cc1cc([N+](=O)[O-])cc(C(=O)NC2(C)CCCCC2)c1F. The Bertz CT molecular complexity index is 581. The molecular weight excluding hydrogens is 275 g/mol. The molecule has 0 spiro atoms. The lowest BCUT2D eigenvalue weighted by atomic mass is 9.83. The van der Waals surface area contributed by atoms with Crippen LogP contribution >= 0.6 is 0 Å². The van der Waals surface area contributed by atoms with Crippen molar-refractivity contribution in [2.45, 2.75) is 51.5 Å². The van der Waals surface area contributed by atoms with Crippen molar-refractivity contribution in [2.75, 3.05) is 0 Å². The van der Waals surface area contributed by atoms with Gasteiger partial charge in [0.15, 0.2) is 0 Å². The van der Waals surface area contributed by atoms with Crippen molar-refractivity contribution in [3.8, 4) is 0 Å². The molecule has 6 heteroatoms. The Labute approximate surface area is 122 Å². The molecular formula is C15H19FN2O3. The van der Waals surface area contributed by atoms with E-state index in [1.54, 1.807) is 0 Å². The maximum absolute atomic E-state index is 14.1. The molecule has 1 aromatic carbocycles. The Morgan fingerprint density at radius 2 is 1.95 bits per heavy atom. The number of nitrogens with one attached hydrogen (secondary N) is 1. The molecule has 0 radical (unpaired) electrons. The molecule has 0 unspecified atom stereocenters. The monoisotopic (exact) mass is 294 g/mol. The van der Waals surface area contributed by atoms with Crippen LogP contribution < -0.4 is 5.32 Å². The number of nitro benzene ring substituents is 1. The van der Waals surface area contributed by atoms with Gasteiger partial charge in [0.1, 0.15) is 5.82 Å². The summed E-state index contributed by atoms with van der Waals surface area (Å²) in [4.78, 5) is 22.5. The largest absolute Gasteiger partial charge is 0.347 e. The highest BCUT2D eigenvalue weighted by atomic mass is 19.1. The number of nitro groups is 1. The van der Waals surface area contributed by atoms with Gasteiger partial charge in [-0.2, -0.15) is 0 Å². The molecule has 0 bridgehead atoms. The van der Waals surface area contributed by atoms with Gasteiger partial charge in [0.2, 0.25) is 0 Å². The highest BCUT2D eigenvalue weighted by Crippen LogP contribution is 2.28. The standard InChI is InChI=1S/C15H19FN2O3/c1-10-8-11(18(20)21)9-12(13(10)16)14(19)17-15(2)6-4-3-5-7-15/h8-9H,3-7H2,1-2H3,(H,17,19). The summed E-state index contributed by atoms with van der Waals surface area (Å²) in [5, 5.41) is 13.7. The zero-order chi connectivity index (χ0) is 15.6. The molecule has 1 aliphatic carbocycles. The first-order valence-corrected chi connectivity index (χ1v) is 7.09. The van der Waals surface area contributed by atoms with Crippen LogP contribution in [0.25, 0.3) is 0 Å². The molecule has 1 aromatic rings. The van der Waals surface area contributed by atoms with Gasteiger partial charge >= 0.3 is 0 Å². The highest BCUT2D eigenvalue weighted by molar-refractivity contribution is 5.95. The number of benzene rings is 1. The fourth-order valence-corrected chi connectivity index (χ4v) is 2.82. The molecule has 1 aliphatic rings. The lowest BCUT2D eigenvalue weighted by Gasteiger charge is -2.34. The molecule has 1 fully saturated rings. The first kappa shape index (κ1) is 15.4. The number of halogens is 1. The van der Waals surface area contributed by atoms with Crippen LogP contribution in [0.4, 0.5) is 10.1 Å². The van der Waals surface area contributed by atoms with Gasteiger partial charge in [0, 0.05) is 17.7 Å². The topological polar surface area (TPSA) is 72.2 Å². The summed E-state index contributed by atoms with van der Waals surface area (Å²) in [7, 11) is 0. The third kappa shape index (κ3) is 3.37. The summed E-state index contributed by atoms with van der Waals surface area (Å²) in [6.45, 7) is 3.35. The van der Waals surface area contributed by atoms with Gasteiger partial charge < -0.3 is 5.32 Å². The summed E-state index contributed by atoms with van der Waals surface area (Å²) in [5.41, 5.74) is -0.787. The van der Waals surface area contributed by atoms with Crippen LogP contribution in [0.3, 0.4) is 0 Å². The van der Waals surface area contributed by atoms with Crippen LogP contribution in [-0.4, -0.2) is 16.4 Å².